The lowest BCUT2D eigenvalue weighted by Gasteiger charge is -2.09. The maximum atomic E-state index is 11.9. The van der Waals surface area contributed by atoms with Crippen LogP contribution in [0.4, 0.5) is 21.0 Å². The van der Waals surface area contributed by atoms with Crippen molar-refractivity contribution in [1.82, 2.24) is 0 Å². The Bertz CT molecular complexity index is 783. The summed E-state index contributed by atoms with van der Waals surface area (Å²) < 4.78 is 0. The molecule has 2 amide bonds. The molecule has 8 nitrogen and oxygen atoms in total. The van der Waals surface area contributed by atoms with Crippen LogP contribution in [0, 0.1) is 0 Å². The molecule has 0 fully saturated rings. The molecule has 0 unspecified atom stereocenters. The van der Waals surface area contributed by atoms with Crippen LogP contribution < -0.4 is 10.6 Å². The van der Waals surface area contributed by atoms with Crippen molar-refractivity contribution in [1.29, 1.82) is 0 Å². The van der Waals surface area contributed by atoms with E-state index in [2.05, 4.69) is 10.6 Å². The van der Waals surface area contributed by atoms with Gasteiger partial charge in [-0.2, -0.15) is 0 Å². The van der Waals surface area contributed by atoms with Crippen molar-refractivity contribution in [3.05, 3.63) is 59.7 Å². The number of hydrogen-bond donors (Lipinski definition) is 4. The maximum Gasteiger partial charge on any atom is 0.341 e. The second-order valence-electron chi connectivity index (χ2n) is 4.97. The molecule has 2 aromatic rings. The number of aromatic carboxylic acids is 2. The molecule has 4 N–H and O–H groups in total. The number of carboxylic acids is 2. The summed E-state index contributed by atoms with van der Waals surface area (Å²) in [7, 11) is -0.595. The van der Waals surface area contributed by atoms with Gasteiger partial charge in [0.1, 0.15) is 0 Å². The molecule has 2 rings (SSSR count). The summed E-state index contributed by atoms with van der Waals surface area (Å²) in [5.41, 5.74) is -0.0718. The van der Waals surface area contributed by atoms with E-state index in [0.29, 0.717) is 0 Å². The molecule has 0 spiro atoms. The Hall–Kier alpha value is -3.62. The first-order valence-electron chi connectivity index (χ1n) is 7.13. The molecule has 126 valence electrons. The SMILES string of the molecule is O=C(BC(=O)Nc1ccccc1C(=O)O)Nc1ccccc1C(=O)O. The first-order chi connectivity index (χ1) is 11.9. The Morgan fingerprint density at radius 2 is 1.04 bits per heavy atom. The van der Waals surface area contributed by atoms with E-state index in [1.807, 2.05) is 0 Å². The molecule has 0 aromatic heterocycles. The molecule has 0 heterocycles. The minimum Gasteiger partial charge on any atom is -0.478 e. The van der Waals surface area contributed by atoms with Gasteiger partial charge in [0.15, 0.2) is 11.6 Å². The zero-order valence-electron chi connectivity index (χ0n) is 12.9. The third-order valence-electron chi connectivity index (χ3n) is 3.18. The minimum absolute atomic E-state index is 0.0683. The van der Waals surface area contributed by atoms with E-state index in [1.165, 1.54) is 36.4 Å². The number of carbonyl (C=O) groups is 4. The Balaban J connectivity index is 2.03. The number of para-hydroxylation sites is 2. The van der Waals surface area contributed by atoms with E-state index in [-0.39, 0.29) is 22.5 Å². The van der Waals surface area contributed by atoms with Crippen molar-refractivity contribution in [2.75, 3.05) is 10.6 Å². The number of carbonyl (C=O) groups excluding carboxylic acids is 2. The number of amides is 2. The largest absolute Gasteiger partial charge is 0.478 e. The Morgan fingerprint density at radius 1 is 0.680 bits per heavy atom. The number of nitrogens with one attached hydrogen (secondary N) is 2. The molecular formula is C16H13BN2O6. The summed E-state index contributed by atoms with van der Waals surface area (Å²) >= 11 is 0. The zero-order chi connectivity index (χ0) is 18.4. The summed E-state index contributed by atoms with van der Waals surface area (Å²) in [4.78, 5) is 46.0. The van der Waals surface area contributed by atoms with Crippen molar-refractivity contribution in [3.63, 3.8) is 0 Å². The molecule has 0 aliphatic rings. The van der Waals surface area contributed by atoms with E-state index in [0.717, 1.165) is 0 Å². The monoisotopic (exact) mass is 340 g/mol. The number of anilines is 2. The van der Waals surface area contributed by atoms with Crippen molar-refractivity contribution in [2.24, 2.45) is 0 Å². The number of rotatable bonds is 6. The topological polar surface area (TPSA) is 133 Å². The van der Waals surface area contributed by atoms with Gasteiger partial charge in [0, 0.05) is 0 Å². The van der Waals surface area contributed by atoms with E-state index in [4.69, 9.17) is 10.2 Å². The number of hydrogen-bond acceptors (Lipinski definition) is 4. The average molecular weight is 340 g/mol. The van der Waals surface area contributed by atoms with Crippen molar-refractivity contribution < 1.29 is 29.4 Å². The third-order valence-corrected chi connectivity index (χ3v) is 3.18. The lowest BCUT2D eigenvalue weighted by Crippen LogP contribution is -2.29. The molecule has 0 saturated carbocycles. The fourth-order valence-corrected chi connectivity index (χ4v) is 2.09. The summed E-state index contributed by atoms with van der Waals surface area (Å²) in [6.45, 7) is 0. The summed E-state index contributed by atoms with van der Waals surface area (Å²) in [5, 5.41) is 22.8. The highest BCUT2D eigenvalue weighted by Crippen LogP contribution is 2.16. The Labute approximate surface area is 142 Å². The highest BCUT2D eigenvalue weighted by Gasteiger charge is 2.18. The standard InChI is InChI=1S/C16H13BN2O6/c20-13(21)9-5-1-3-7-11(9)18-15(24)17-16(25)19-12-8-4-2-6-10(12)14(22)23/h1-8,17H,(H,18,24)(H,19,25)(H,20,21)(H,22,23). The predicted molar refractivity (Wildman–Crippen MR) is 92.0 cm³/mol. The molecule has 0 atom stereocenters. The quantitative estimate of drug-likeness (QED) is 0.596. The molecule has 0 saturated heterocycles. The Morgan fingerprint density at radius 3 is 1.40 bits per heavy atom. The van der Waals surface area contributed by atoms with Gasteiger partial charge in [0.05, 0.1) is 22.5 Å². The predicted octanol–water partition coefficient (Wildman–Crippen LogP) is 2.28. The van der Waals surface area contributed by atoms with Crippen LogP contribution in [0.25, 0.3) is 0 Å². The van der Waals surface area contributed by atoms with Gasteiger partial charge < -0.3 is 20.8 Å². The molecule has 2 aromatic carbocycles. The van der Waals surface area contributed by atoms with Gasteiger partial charge in [-0.05, 0) is 24.3 Å². The lowest BCUT2D eigenvalue weighted by molar-refractivity contribution is 0.0687. The lowest BCUT2D eigenvalue weighted by atomic mass is 9.76. The molecule has 0 bridgehead atoms. The Kier molecular flexibility index (Phi) is 5.52. The second-order valence-corrected chi connectivity index (χ2v) is 4.97. The molecule has 25 heavy (non-hydrogen) atoms. The highest BCUT2D eigenvalue weighted by atomic mass is 16.4. The van der Waals surface area contributed by atoms with E-state index in [9.17, 15) is 19.2 Å². The van der Waals surface area contributed by atoms with Crippen LogP contribution in [0.15, 0.2) is 48.5 Å². The van der Waals surface area contributed by atoms with Crippen LogP contribution in [0.2, 0.25) is 0 Å². The summed E-state index contributed by atoms with van der Waals surface area (Å²) in [6.07, 6.45) is 0. The fourth-order valence-electron chi connectivity index (χ4n) is 2.09. The van der Waals surface area contributed by atoms with E-state index < -0.39 is 30.8 Å². The average Bonchev–Trinajstić information content (AvgIpc) is 2.55. The first-order valence-corrected chi connectivity index (χ1v) is 7.13. The molecule has 0 radical (unpaired) electrons. The van der Waals surface area contributed by atoms with Gasteiger partial charge in [0.25, 0.3) is 0 Å². The fraction of sp³-hybridized carbons (Fsp3) is 0. The van der Waals surface area contributed by atoms with Gasteiger partial charge in [-0.25, -0.2) is 9.59 Å². The van der Waals surface area contributed by atoms with Crippen LogP contribution in [-0.2, 0) is 0 Å². The van der Waals surface area contributed by atoms with E-state index in [1.54, 1.807) is 12.1 Å². The zero-order valence-corrected chi connectivity index (χ0v) is 12.9. The molecule has 0 aliphatic carbocycles. The van der Waals surface area contributed by atoms with Gasteiger partial charge in [0.2, 0.25) is 0 Å². The van der Waals surface area contributed by atoms with Crippen LogP contribution >= 0.6 is 0 Å². The first kappa shape index (κ1) is 17.7. The van der Waals surface area contributed by atoms with Gasteiger partial charge in [-0.1, -0.05) is 24.3 Å². The van der Waals surface area contributed by atoms with Gasteiger partial charge in [-0.15, -0.1) is 0 Å². The smallest absolute Gasteiger partial charge is 0.341 e. The van der Waals surface area contributed by atoms with Gasteiger partial charge in [-0.3, -0.25) is 9.59 Å². The van der Waals surface area contributed by atoms with Crippen molar-refractivity contribution >= 4 is 42.2 Å². The normalized spacial score (nSPS) is 9.76. The van der Waals surface area contributed by atoms with Crippen LogP contribution in [0.5, 0.6) is 0 Å². The summed E-state index contributed by atoms with van der Waals surface area (Å²) in [6, 6.07) is 11.6. The second kappa shape index (κ2) is 7.78. The van der Waals surface area contributed by atoms with Crippen molar-refractivity contribution in [3.8, 4) is 0 Å². The van der Waals surface area contributed by atoms with Crippen LogP contribution in [0.1, 0.15) is 20.7 Å². The summed E-state index contributed by atoms with van der Waals surface area (Å²) in [5.74, 6) is -3.87. The van der Waals surface area contributed by atoms with Crippen LogP contribution in [-0.4, -0.2) is 41.0 Å². The van der Waals surface area contributed by atoms with Crippen LogP contribution in [0.3, 0.4) is 0 Å². The highest BCUT2D eigenvalue weighted by molar-refractivity contribution is 6.99. The maximum absolute atomic E-state index is 11.9. The minimum atomic E-state index is -1.21. The molecular weight excluding hydrogens is 327 g/mol. The van der Waals surface area contributed by atoms with Gasteiger partial charge >= 0.3 is 19.2 Å². The third kappa shape index (κ3) is 4.68. The number of benzene rings is 2. The molecule has 9 heteroatoms. The van der Waals surface area contributed by atoms with E-state index >= 15 is 0 Å². The molecule has 0 aliphatic heterocycles. The number of carboxylic acid groups (broad SMARTS) is 2. The van der Waals surface area contributed by atoms with Crippen molar-refractivity contribution in [2.45, 2.75) is 0 Å².